The van der Waals surface area contributed by atoms with Gasteiger partial charge < -0.3 is 10.0 Å². The van der Waals surface area contributed by atoms with Crippen molar-refractivity contribution in [2.45, 2.75) is 18.1 Å². The number of rotatable bonds is 3. The number of hydrogen-bond donors (Lipinski definition) is 1. The predicted octanol–water partition coefficient (Wildman–Crippen LogP) is 1.76. The van der Waals surface area contributed by atoms with E-state index in [0.717, 1.165) is 30.0 Å². The molecule has 1 aromatic carbocycles. The monoisotopic (exact) mass is 337 g/mol. The SMILES string of the molecule is CN(C)[C@]1(c2ccccc2)CCN(c2cncc3nccn23)C[C@H]1O. The van der Waals surface area contributed by atoms with Gasteiger partial charge in [-0.3, -0.25) is 14.3 Å². The molecule has 2 aromatic heterocycles. The van der Waals surface area contributed by atoms with E-state index in [-0.39, 0.29) is 5.54 Å². The fourth-order valence-electron chi connectivity index (χ4n) is 4.05. The molecule has 0 amide bonds. The van der Waals surface area contributed by atoms with Crippen molar-refractivity contribution in [1.82, 2.24) is 19.3 Å². The number of fused-ring (bicyclic) bond motifs is 1. The fraction of sp³-hybridized carbons (Fsp3) is 0.368. The molecular weight excluding hydrogens is 314 g/mol. The molecule has 0 bridgehead atoms. The van der Waals surface area contributed by atoms with Gasteiger partial charge in [0.25, 0.3) is 0 Å². The van der Waals surface area contributed by atoms with Crippen LogP contribution >= 0.6 is 0 Å². The van der Waals surface area contributed by atoms with Crippen LogP contribution in [-0.4, -0.2) is 57.7 Å². The topological polar surface area (TPSA) is 56.9 Å². The molecule has 25 heavy (non-hydrogen) atoms. The number of aliphatic hydroxyl groups is 1. The lowest BCUT2D eigenvalue weighted by atomic mass is 9.77. The zero-order chi connectivity index (χ0) is 17.4. The number of hydrogen-bond acceptors (Lipinski definition) is 5. The summed E-state index contributed by atoms with van der Waals surface area (Å²) in [6.07, 6.45) is 7.61. The molecule has 3 heterocycles. The highest BCUT2D eigenvalue weighted by Gasteiger charge is 2.45. The van der Waals surface area contributed by atoms with Crippen LogP contribution in [0, 0.1) is 0 Å². The Morgan fingerprint density at radius 3 is 2.72 bits per heavy atom. The van der Waals surface area contributed by atoms with Gasteiger partial charge in [0.05, 0.1) is 24.0 Å². The molecule has 2 atom stereocenters. The van der Waals surface area contributed by atoms with E-state index in [1.807, 2.05) is 49.1 Å². The molecule has 6 heteroatoms. The molecule has 4 rings (SSSR count). The minimum atomic E-state index is -0.516. The van der Waals surface area contributed by atoms with E-state index in [1.54, 1.807) is 12.4 Å². The van der Waals surface area contributed by atoms with Crippen molar-refractivity contribution in [3.63, 3.8) is 0 Å². The first-order valence-corrected chi connectivity index (χ1v) is 8.56. The Labute approximate surface area is 147 Å². The standard InChI is InChI=1S/C19H23N5O/c1-22(2)19(15-6-4-3-5-7-15)8-10-23(14-16(19)25)18-13-20-12-17-21-9-11-24(17)18/h3-7,9,11-13,16,25H,8,10,14H2,1-2H3/t16-,19+/m1/s1. The van der Waals surface area contributed by atoms with Crippen LogP contribution in [0.4, 0.5) is 5.82 Å². The molecule has 130 valence electrons. The van der Waals surface area contributed by atoms with Crippen molar-refractivity contribution in [3.8, 4) is 0 Å². The Hall–Kier alpha value is -2.44. The molecule has 1 saturated heterocycles. The van der Waals surface area contributed by atoms with Crippen molar-refractivity contribution in [3.05, 3.63) is 60.7 Å². The summed E-state index contributed by atoms with van der Waals surface area (Å²) < 4.78 is 2.02. The number of nitrogens with zero attached hydrogens (tertiary/aromatic N) is 5. The van der Waals surface area contributed by atoms with E-state index in [1.165, 1.54) is 0 Å². The molecule has 0 radical (unpaired) electrons. The van der Waals surface area contributed by atoms with Crippen LogP contribution in [-0.2, 0) is 5.54 Å². The quantitative estimate of drug-likeness (QED) is 0.789. The Morgan fingerprint density at radius 1 is 1.20 bits per heavy atom. The summed E-state index contributed by atoms with van der Waals surface area (Å²) in [6, 6.07) is 10.3. The van der Waals surface area contributed by atoms with Gasteiger partial charge in [0.1, 0.15) is 5.82 Å². The fourth-order valence-corrected chi connectivity index (χ4v) is 4.05. The van der Waals surface area contributed by atoms with Gasteiger partial charge in [-0.1, -0.05) is 30.3 Å². The van der Waals surface area contributed by atoms with Crippen molar-refractivity contribution < 1.29 is 5.11 Å². The van der Waals surface area contributed by atoms with E-state index in [0.29, 0.717) is 6.54 Å². The molecule has 1 aliphatic rings. The maximum Gasteiger partial charge on any atom is 0.156 e. The van der Waals surface area contributed by atoms with Crippen LogP contribution in [0.3, 0.4) is 0 Å². The lowest BCUT2D eigenvalue weighted by Crippen LogP contribution is -2.60. The van der Waals surface area contributed by atoms with Crippen LogP contribution in [0.15, 0.2) is 55.1 Å². The molecule has 1 fully saturated rings. The molecular formula is C19H23N5O. The third-order valence-corrected chi connectivity index (χ3v) is 5.40. The van der Waals surface area contributed by atoms with Gasteiger partial charge in [-0.2, -0.15) is 0 Å². The van der Waals surface area contributed by atoms with Gasteiger partial charge in [0, 0.05) is 25.5 Å². The van der Waals surface area contributed by atoms with Gasteiger partial charge in [-0.05, 0) is 26.1 Å². The first-order valence-electron chi connectivity index (χ1n) is 8.56. The largest absolute Gasteiger partial charge is 0.389 e. The van der Waals surface area contributed by atoms with Gasteiger partial charge in [-0.15, -0.1) is 0 Å². The first kappa shape index (κ1) is 16.1. The summed E-state index contributed by atoms with van der Waals surface area (Å²) in [5, 5.41) is 11.2. The second-order valence-electron chi connectivity index (χ2n) is 6.82. The second kappa shape index (κ2) is 6.13. The highest BCUT2D eigenvalue weighted by molar-refractivity contribution is 5.49. The lowest BCUT2D eigenvalue weighted by Gasteiger charge is -2.50. The number of aromatic nitrogens is 3. The highest BCUT2D eigenvalue weighted by Crippen LogP contribution is 2.38. The molecule has 1 aliphatic heterocycles. The van der Waals surface area contributed by atoms with Crippen molar-refractivity contribution in [2.24, 2.45) is 0 Å². The average Bonchev–Trinajstić information content (AvgIpc) is 3.11. The maximum absolute atomic E-state index is 11.2. The molecule has 0 saturated carbocycles. The van der Waals surface area contributed by atoms with Gasteiger partial charge in [0.15, 0.2) is 5.65 Å². The zero-order valence-electron chi connectivity index (χ0n) is 14.6. The molecule has 0 spiro atoms. The van der Waals surface area contributed by atoms with Gasteiger partial charge in [0.2, 0.25) is 0 Å². The molecule has 0 unspecified atom stereocenters. The van der Waals surface area contributed by atoms with E-state index in [4.69, 9.17) is 0 Å². The predicted molar refractivity (Wildman–Crippen MR) is 97.6 cm³/mol. The van der Waals surface area contributed by atoms with Crippen molar-refractivity contribution in [2.75, 3.05) is 32.1 Å². The third kappa shape index (κ3) is 2.49. The molecule has 6 nitrogen and oxygen atoms in total. The Morgan fingerprint density at radius 2 is 2.00 bits per heavy atom. The van der Waals surface area contributed by atoms with Crippen molar-refractivity contribution in [1.29, 1.82) is 0 Å². The maximum atomic E-state index is 11.2. The number of β-amino-alcohol motifs (C(OH)–C–C–N with tert-alkyl or cyclic N) is 1. The lowest BCUT2D eigenvalue weighted by molar-refractivity contribution is -0.0247. The van der Waals surface area contributed by atoms with E-state index < -0.39 is 6.10 Å². The average molecular weight is 337 g/mol. The van der Waals surface area contributed by atoms with Crippen LogP contribution < -0.4 is 4.90 Å². The Balaban J connectivity index is 1.69. The smallest absolute Gasteiger partial charge is 0.156 e. The number of aliphatic hydroxyl groups excluding tert-OH is 1. The summed E-state index contributed by atoms with van der Waals surface area (Å²) in [4.78, 5) is 12.9. The summed E-state index contributed by atoms with van der Waals surface area (Å²) in [6.45, 7) is 1.38. The van der Waals surface area contributed by atoms with Crippen LogP contribution in [0.1, 0.15) is 12.0 Å². The number of likely N-dealkylation sites (N-methyl/N-ethyl adjacent to an activating group) is 1. The van der Waals surface area contributed by atoms with Crippen LogP contribution in [0.25, 0.3) is 5.65 Å². The third-order valence-electron chi connectivity index (χ3n) is 5.40. The summed E-state index contributed by atoms with van der Waals surface area (Å²) >= 11 is 0. The van der Waals surface area contributed by atoms with Crippen LogP contribution in [0.2, 0.25) is 0 Å². The van der Waals surface area contributed by atoms with Gasteiger partial charge >= 0.3 is 0 Å². The Kier molecular flexibility index (Phi) is 3.94. The van der Waals surface area contributed by atoms with Crippen LogP contribution in [0.5, 0.6) is 0 Å². The molecule has 3 aromatic rings. The number of imidazole rings is 1. The summed E-state index contributed by atoms with van der Waals surface area (Å²) in [5.74, 6) is 0.967. The molecule has 1 N–H and O–H groups in total. The zero-order valence-corrected chi connectivity index (χ0v) is 14.6. The van der Waals surface area contributed by atoms with E-state index >= 15 is 0 Å². The second-order valence-corrected chi connectivity index (χ2v) is 6.82. The van der Waals surface area contributed by atoms with Gasteiger partial charge in [-0.25, -0.2) is 4.98 Å². The number of benzene rings is 1. The first-order chi connectivity index (χ1) is 12.1. The van der Waals surface area contributed by atoms with E-state index in [9.17, 15) is 5.11 Å². The highest BCUT2D eigenvalue weighted by atomic mass is 16.3. The van der Waals surface area contributed by atoms with Crippen molar-refractivity contribution >= 4 is 11.5 Å². The number of anilines is 1. The van der Waals surface area contributed by atoms with E-state index in [2.05, 4.69) is 31.9 Å². The minimum Gasteiger partial charge on any atom is -0.389 e. The number of piperidine rings is 1. The minimum absolute atomic E-state index is 0.381. The normalized spacial score (nSPS) is 24.2. The summed E-state index contributed by atoms with van der Waals surface area (Å²) in [5.41, 5.74) is 1.60. The Bertz CT molecular complexity index is 862. The molecule has 0 aliphatic carbocycles. The summed E-state index contributed by atoms with van der Waals surface area (Å²) in [7, 11) is 4.09.